The van der Waals surface area contributed by atoms with E-state index in [4.69, 9.17) is 21.4 Å². The van der Waals surface area contributed by atoms with Crippen LogP contribution in [0.2, 0.25) is 0 Å². The number of carboxylic acid groups (broad SMARTS) is 1. The summed E-state index contributed by atoms with van der Waals surface area (Å²) in [5, 5.41) is 7.12. The summed E-state index contributed by atoms with van der Waals surface area (Å²) in [6.45, 7) is 0.741. The van der Waals surface area contributed by atoms with Crippen molar-refractivity contribution in [3.63, 3.8) is 0 Å². The van der Waals surface area contributed by atoms with Crippen LogP contribution in [-0.4, -0.2) is 48.8 Å². The van der Waals surface area contributed by atoms with E-state index in [9.17, 15) is 31.1 Å². The molecule has 0 spiro atoms. The zero-order valence-corrected chi connectivity index (χ0v) is 16.9. The molecule has 13 heteroatoms. The van der Waals surface area contributed by atoms with Gasteiger partial charge in [0.05, 0.1) is 29.5 Å². The second kappa shape index (κ2) is 9.98. The summed E-state index contributed by atoms with van der Waals surface area (Å²) in [6, 6.07) is 12.2. The molecule has 0 saturated heterocycles. The van der Waals surface area contributed by atoms with Crippen molar-refractivity contribution in [2.24, 2.45) is 11.5 Å². The number of fused-ring (bicyclic) bond motifs is 1. The van der Waals surface area contributed by atoms with Gasteiger partial charge in [0.15, 0.2) is 0 Å². The lowest BCUT2D eigenvalue weighted by Crippen LogP contribution is -2.53. The Balaban J connectivity index is 0.000000479. The van der Waals surface area contributed by atoms with Gasteiger partial charge in [-0.1, -0.05) is 12.1 Å². The predicted molar refractivity (Wildman–Crippen MR) is 108 cm³/mol. The van der Waals surface area contributed by atoms with E-state index >= 15 is 0 Å². The summed E-state index contributed by atoms with van der Waals surface area (Å²) < 4.78 is 70.2. The van der Waals surface area contributed by atoms with E-state index in [2.05, 4.69) is 0 Å². The highest BCUT2D eigenvalue weighted by molar-refractivity contribution is 5.86. The predicted octanol–water partition coefficient (Wildman–Crippen LogP) is 3.11. The molecule has 2 aromatic carbocycles. The Morgan fingerprint density at radius 1 is 0.970 bits per heavy atom. The number of carboxylic acids is 1. The summed E-state index contributed by atoms with van der Waals surface area (Å²) in [5.74, 6) is -3.23. The van der Waals surface area contributed by atoms with E-state index in [1.165, 1.54) is 12.1 Å². The molecule has 5 N–H and O–H groups in total. The van der Waals surface area contributed by atoms with Gasteiger partial charge in [-0.05, 0) is 36.4 Å². The number of rotatable bonds is 4. The Hall–Kier alpha value is -3.48. The number of halogens is 6. The third kappa shape index (κ3) is 6.51. The van der Waals surface area contributed by atoms with E-state index in [0.29, 0.717) is 12.2 Å². The van der Waals surface area contributed by atoms with Gasteiger partial charge in [-0.25, -0.2) is 4.79 Å². The van der Waals surface area contributed by atoms with Crippen LogP contribution in [0.15, 0.2) is 48.5 Å². The van der Waals surface area contributed by atoms with Crippen LogP contribution in [0.1, 0.15) is 5.56 Å². The molecule has 7 nitrogen and oxygen atoms in total. The Morgan fingerprint density at radius 3 is 1.91 bits per heavy atom. The van der Waals surface area contributed by atoms with Crippen molar-refractivity contribution in [1.82, 2.24) is 0 Å². The van der Waals surface area contributed by atoms with Gasteiger partial charge in [-0.15, -0.1) is 0 Å². The highest BCUT2D eigenvalue weighted by atomic mass is 19.4. The number of nitrogens with two attached hydrogens (primary N) is 2. The molecule has 0 saturated carbocycles. The summed E-state index contributed by atoms with van der Waals surface area (Å²) in [6.07, 6.45) is -9.46. The number of nitrogens with zero attached hydrogens (tertiary/aromatic N) is 2. The largest absolute Gasteiger partial charge is 0.490 e. The topological polar surface area (TPSA) is 113 Å². The number of hydrogen-bond donors (Lipinski definition) is 3. The lowest BCUT2D eigenvalue weighted by molar-refractivity contribution is -0.192. The number of carbonyl (C=O) groups excluding carboxylic acids is 1. The van der Waals surface area contributed by atoms with E-state index in [1.54, 1.807) is 0 Å². The van der Waals surface area contributed by atoms with Crippen molar-refractivity contribution in [2.75, 3.05) is 29.4 Å². The molecule has 3 rings (SSSR count). The molecule has 1 heterocycles. The number of alkyl halides is 6. The third-order valence-corrected chi connectivity index (χ3v) is 4.66. The number of hydrogen-bond acceptors (Lipinski definition) is 5. The summed E-state index contributed by atoms with van der Waals surface area (Å²) in [4.78, 5) is 24.1. The lowest BCUT2D eigenvalue weighted by Gasteiger charge is -2.43. The molecule has 1 aliphatic heterocycles. The molecule has 2 aromatic rings. The standard InChI is InChI=1S/C18H19F3N4O.C2HF3O2/c19-18(20,21)12-5-7-13(8-6-12)24-10-14(9-22)25(11-17(23)26)16-4-2-1-3-15(16)24;3-2(4,5)1(6)7/h1-8,14H,9-11,22H2,(H2,23,26);(H,6,7). The van der Waals surface area contributed by atoms with Crippen LogP contribution in [0.25, 0.3) is 0 Å². The van der Waals surface area contributed by atoms with E-state index < -0.39 is 29.8 Å². The second-order valence-corrected chi connectivity index (χ2v) is 6.93. The summed E-state index contributed by atoms with van der Waals surface area (Å²) >= 11 is 0. The minimum absolute atomic E-state index is 0.0275. The van der Waals surface area contributed by atoms with Crippen LogP contribution in [0.5, 0.6) is 0 Å². The fourth-order valence-corrected chi connectivity index (χ4v) is 3.20. The maximum absolute atomic E-state index is 12.8. The van der Waals surface area contributed by atoms with Crippen LogP contribution in [-0.2, 0) is 15.8 Å². The number of para-hydroxylation sites is 2. The molecule has 0 aromatic heterocycles. The number of aliphatic carboxylic acids is 1. The minimum atomic E-state index is -5.08. The average molecular weight is 478 g/mol. The third-order valence-electron chi connectivity index (χ3n) is 4.66. The van der Waals surface area contributed by atoms with Gasteiger partial charge in [0.25, 0.3) is 0 Å². The van der Waals surface area contributed by atoms with Crippen LogP contribution < -0.4 is 21.3 Å². The highest BCUT2D eigenvalue weighted by Crippen LogP contribution is 2.40. The van der Waals surface area contributed by atoms with E-state index in [0.717, 1.165) is 23.5 Å². The molecule has 0 bridgehead atoms. The quantitative estimate of drug-likeness (QED) is 0.583. The van der Waals surface area contributed by atoms with Gasteiger partial charge in [0.1, 0.15) is 0 Å². The zero-order chi connectivity index (χ0) is 25.0. The molecular formula is C20H20F6N4O3. The van der Waals surface area contributed by atoms with Gasteiger partial charge >= 0.3 is 18.3 Å². The molecule has 1 aliphatic rings. The van der Waals surface area contributed by atoms with Gasteiger partial charge in [-0.3, -0.25) is 4.79 Å². The van der Waals surface area contributed by atoms with E-state index in [-0.39, 0.29) is 19.1 Å². The van der Waals surface area contributed by atoms with Crippen molar-refractivity contribution in [1.29, 1.82) is 0 Å². The lowest BCUT2D eigenvalue weighted by atomic mass is 10.0. The molecule has 1 amide bonds. The Kier molecular flexibility index (Phi) is 7.80. The monoisotopic (exact) mass is 478 g/mol. The highest BCUT2D eigenvalue weighted by Gasteiger charge is 2.38. The van der Waals surface area contributed by atoms with Gasteiger partial charge in [0, 0.05) is 18.8 Å². The average Bonchev–Trinajstić information content (AvgIpc) is 2.73. The molecular weight excluding hydrogens is 458 g/mol. The van der Waals surface area contributed by atoms with Crippen LogP contribution in [0.4, 0.5) is 43.4 Å². The number of benzene rings is 2. The van der Waals surface area contributed by atoms with Crippen LogP contribution in [0.3, 0.4) is 0 Å². The first-order valence-electron chi connectivity index (χ1n) is 9.34. The van der Waals surface area contributed by atoms with Crippen molar-refractivity contribution in [3.8, 4) is 0 Å². The molecule has 1 atom stereocenters. The number of primary amides is 1. The maximum atomic E-state index is 12.8. The minimum Gasteiger partial charge on any atom is -0.475 e. The fraction of sp³-hybridized carbons (Fsp3) is 0.300. The fourth-order valence-electron chi connectivity index (χ4n) is 3.20. The maximum Gasteiger partial charge on any atom is 0.490 e. The van der Waals surface area contributed by atoms with Crippen LogP contribution in [0, 0.1) is 0 Å². The van der Waals surface area contributed by atoms with Gasteiger partial charge in [0.2, 0.25) is 5.91 Å². The van der Waals surface area contributed by atoms with E-state index in [1.807, 2.05) is 34.1 Å². The first-order valence-corrected chi connectivity index (χ1v) is 9.34. The van der Waals surface area contributed by atoms with Gasteiger partial charge in [-0.2, -0.15) is 26.3 Å². The van der Waals surface area contributed by atoms with Crippen molar-refractivity contribution in [3.05, 3.63) is 54.1 Å². The SMILES string of the molecule is NCC1CN(c2ccc(C(F)(F)F)cc2)c2ccccc2N1CC(N)=O.O=C(O)C(F)(F)F. The van der Waals surface area contributed by atoms with Crippen molar-refractivity contribution in [2.45, 2.75) is 18.4 Å². The first-order chi connectivity index (χ1) is 15.3. The normalized spacial score (nSPS) is 15.9. The van der Waals surface area contributed by atoms with Crippen molar-refractivity contribution >= 4 is 28.9 Å². The summed E-state index contributed by atoms with van der Waals surface area (Å²) in [5.41, 5.74) is 12.7. The smallest absolute Gasteiger partial charge is 0.475 e. The Labute approximate surface area is 184 Å². The summed E-state index contributed by atoms with van der Waals surface area (Å²) in [7, 11) is 0. The van der Waals surface area contributed by atoms with Gasteiger partial charge < -0.3 is 26.4 Å². The Morgan fingerprint density at radius 2 is 1.48 bits per heavy atom. The van der Waals surface area contributed by atoms with Crippen LogP contribution >= 0.6 is 0 Å². The molecule has 33 heavy (non-hydrogen) atoms. The zero-order valence-electron chi connectivity index (χ0n) is 16.9. The second-order valence-electron chi connectivity index (χ2n) is 6.93. The molecule has 1 unspecified atom stereocenters. The number of carbonyl (C=O) groups is 2. The first kappa shape index (κ1) is 25.8. The molecule has 0 radical (unpaired) electrons. The Bertz CT molecular complexity index is 979. The molecule has 0 fully saturated rings. The number of amides is 1. The molecule has 0 aliphatic carbocycles. The van der Waals surface area contributed by atoms with Crippen molar-refractivity contribution < 1.29 is 41.0 Å². The number of anilines is 3. The molecule has 180 valence electrons.